The maximum absolute atomic E-state index is 14.7. The molecule has 0 bridgehead atoms. The van der Waals surface area contributed by atoms with E-state index >= 15 is 0 Å². The van der Waals surface area contributed by atoms with Gasteiger partial charge in [-0.05, 0) is 48.9 Å². The number of hydrogen-bond donors (Lipinski definition) is 4. The van der Waals surface area contributed by atoms with Crippen molar-refractivity contribution in [3.63, 3.8) is 0 Å². The molecular formula is C23H18F9N3S3. The molecule has 0 saturated heterocycles. The van der Waals surface area contributed by atoms with Gasteiger partial charge in [-0.3, -0.25) is 0 Å². The van der Waals surface area contributed by atoms with E-state index in [4.69, 9.17) is 5.73 Å². The number of rotatable bonds is 8. The number of benzene rings is 3. The second-order valence-electron chi connectivity index (χ2n) is 7.74. The van der Waals surface area contributed by atoms with Gasteiger partial charge in [0, 0.05) is 14.7 Å². The normalized spacial score (nSPS) is 12.1. The van der Waals surface area contributed by atoms with Crippen LogP contribution in [0.15, 0.2) is 51.1 Å². The fourth-order valence-electron chi connectivity index (χ4n) is 3.31. The third kappa shape index (κ3) is 7.32. The molecule has 0 saturated carbocycles. The number of nitrogens with two attached hydrogens (primary N) is 1. The van der Waals surface area contributed by atoms with E-state index in [1.165, 1.54) is 13.0 Å². The molecule has 206 valence electrons. The van der Waals surface area contributed by atoms with E-state index in [9.17, 15) is 39.5 Å². The topological polar surface area (TPSA) is 50.1 Å². The van der Waals surface area contributed by atoms with Gasteiger partial charge in [0.1, 0.15) is 17.5 Å². The van der Waals surface area contributed by atoms with Crippen LogP contribution in [-0.4, -0.2) is 11.8 Å². The van der Waals surface area contributed by atoms with E-state index in [-0.39, 0.29) is 27.2 Å². The van der Waals surface area contributed by atoms with Crippen LogP contribution in [0.1, 0.15) is 16.7 Å². The monoisotopic (exact) mass is 603 g/mol. The summed E-state index contributed by atoms with van der Waals surface area (Å²) in [4.78, 5) is 0.0412. The molecule has 0 aliphatic heterocycles. The molecule has 0 aliphatic carbocycles. The third-order valence-electron chi connectivity index (χ3n) is 5.03. The zero-order valence-corrected chi connectivity index (χ0v) is 21.6. The van der Waals surface area contributed by atoms with Crippen LogP contribution in [0.5, 0.6) is 0 Å². The minimum Gasteiger partial charge on any atom is -0.396 e. The summed E-state index contributed by atoms with van der Waals surface area (Å²) < 4.78 is 122. The number of nitrogen functional groups attached to an aromatic ring is 1. The molecule has 0 unspecified atom stereocenters. The first-order valence-corrected chi connectivity index (χ1v) is 12.8. The molecule has 0 aliphatic rings. The molecule has 0 aromatic heterocycles. The quantitative estimate of drug-likeness (QED) is 0.0683. The number of nitrogens with one attached hydrogen (secondary N) is 2. The maximum Gasteiger partial charge on any atom is 0.418 e. The lowest BCUT2D eigenvalue weighted by Gasteiger charge is -2.17. The van der Waals surface area contributed by atoms with E-state index in [0.717, 1.165) is 41.7 Å². The van der Waals surface area contributed by atoms with Gasteiger partial charge >= 0.3 is 12.4 Å². The molecule has 0 amide bonds. The van der Waals surface area contributed by atoms with Crippen LogP contribution < -0.4 is 16.4 Å². The molecular weight excluding hydrogens is 585 g/mol. The van der Waals surface area contributed by atoms with Gasteiger partial charge in [-0.25, -0.2) is 13.2 Å². The zero-order chi connectivity index (χ0) is 28.4. The number of thioether (sulfide) groups is 2. The molecule has 3 aromatic rings. The van der Waals surface area contributed by atoms with Crippen LogP contribution in [0.3, 0.4) is 0 Å². The van der Waals surface area contributed by atoms with E-state index in [1.54, 1.807) is 0 Å². The van der Waals surface area contributed by atoms with E-state index in [0.29, 0.717) is 22.6 Å². The van der Waals surface area contributed by atoms with Crippen molar-refractivity contribution in [2.24, 2.45) is 0 Å². The van der Waals surface area contributed by atoms with Gasteiger partial charge in [0.25, 0.3) is 0 Å². The summed E-state index contributed by atoms with van der Waals surface area (Å²) in [5.74, 6) is -3.46. The Labute approximate surface area is 225 Å². The maximum atomic E-state index is 14.7. The average molecular weight is 604 g/mol. The first kappa shape index (κ1) is 30.0. The van der Waals surface area contributed by atoms with Crippen molar-refractivity contribution in [2.75, 3.05) is 28.1 Å². The van der Waals surface area contributed by atoms with Crippen LogP contribution in [0, 0.1) is 24.4 Å². The number of thiol groups is 1. The van der Waals surface area contributed by atoms with Gasteiger partial charge in [0.05, 0.1) is 39.9 Å². The summed E-state index contributed by atoms with van der Waals surface area (Å²) in [6.45, 7) is 1.53. The largest absolute Gasteiger partial charge is 0.418 e. The summed E-state index contributed by atoms with van der Waals surface area (Å²) in [5.41, 5.74) is 1.25. The Kier molecular flexibility index (Phi) is 9.24. The summed E-state index contributed by atoms with van der Waals surface area (Å²) in [6.07, 6.45) is -9.68. The first-order chi connectivity index (χ1) is 17.6. The standard InChI is InChI=1S/C23H18F9N3S3/c1-10-2-12(37-9-35-21-15(23(30,31)32)3-11(36)4-17(21)25)7-18(26)20(10)34-8-38-13-5-14(22(27,28)29)19(33)16(24)6-13/h2-7,34-36H,8-9,33H2,1H3. The highest BCUT2D eigenvalue weighted by atomic mass is 32.2. The Morgan fingerprint density at radius 3 is 1.76 bits per heavy atom. The van der Waals surface area contributed by atoms with Crippen LogP contribution in [-0.2, 0) is 12.4 Å². The summed E-state index contributed by atoms with van der Waals surface area (Å²) in [7, 11) is 0. The SMILES string of the molecule is Cc1cc(SCNc2c(F)cc(S)cc2C(F)(F)F)cc(F)c1NCSc1cc(F)c(N)c(C(F)(F)F)c1. The Hall–Kier alpha value is -2.52. The zero-order valence-electron chi connectivity index (χ0n) is 19.1. The van der Waals surface area contributed by atoms with Gasteiger partial charge in [-0.15, -0.1) is 36.2 Å². The third-order valence-corrected chi connectivity index (χ3v) is 7.00. The Morgan fingerprint density at radius 1 is 0.711 bits per heavy atom. The molecule has 3 aromatic carbocycles. The Bertz CT molecular complexity index is 1310. The predicted octanol–water partition coefficient (Wildman–Crippen LogP) is 8.64. The van der Waals surface area contributed by atoms with Gasteiger partial charge in [-0.2, -0.15) is 26.3 Å². The number of hydrogen-bond acceptors (Lipinski definition) is 6. The fraction of sp³-hybridized carbons (Fsp3) is 0.217. The highest BCUT2D eigenvalue weighted by Crippen LogP contribution is 2.39. The van der Waals surface area contributed by atoms with E-state index in [2.05, 4.69) is 23.3 Å². The summed E-state index contributed by atoms with van der Waals surface area (Å²) in [5, 5.41) is 5.08. The highest BCUT2D eigenvalue weighted by Gasteiger charge is 2.36. The van der Waals surface area contributed by atoms with Gasteiger partial charge in [0.15, 0.2) is 0 Å². The van der Waals surface area contributed by atoms with Crippen molar-refractivity contribution in [1.82, 2.24) is 0 Å². The van der Waals surface area contributed by atoms with Crippen LogP contribution in [0.2, 0.25) is 0 Å². The van der Waals surface area contributed by atoms with E-state index in [1.807, 2.05) is 0 Å². The number of anilines is 3. The second kappa shape index (κ2) is 11.7. The minimum atomic E-state index is -4.85. The van der Waals surface area contributed by atoms with Crippen LogP contribution >= 0.6 is 36.2 Å². The molecule has 4 N–H and O–H groups in total. The van der Waals surface area contributed by atoms with Crippen molar-refractivity contribution in [2.45, 2.75) is 34.0 Å². The molecule has 3 rings (SSSR count). The second-order valence-corrected chi connectivity index (χ2v) is 10.4. The van der Waals surface area contributed by atoms with Crippen LogP contribution in [0.4, 0.5) is 56.6 Å². The number of halogens is 9. The molecule has 0 fully saturated rings. The lowest BCUT2D eigenvalue weighted by Crippen LogP contribution is -2.12. The van der Waals surface area contributed by atoms with Crippen molar-refractivity contribution in [3.05, 3.63) is 70.5 Å². The fourth-order valence-corrected chi connectivity index (χ4v) is 5.15. The van der Waals surface area contributed by atoms with Gasteiger partial charge in [0.2, 0.25) is 0 Å². The summed E-state index contributed by atoms with van der Waals surface area (Å²) in [6, 6.07) is 5.65. The van der Waals surface area contributed by atoms with Crippen molar-refractivity contribution < 1.29 is 39.5 Å². The first-order valence-electron chi connectivity index (χ1n) is 10.4. The Morgan fingerprint density at radius 2 is 1.21 bits per heavy atom. The molecule has 3 nitrogen and oxygen atoms in total. The molecule has 0 spiro atoms. The Balaban J connectivity index is 1.66. The van der Waals surface area contributed by atoms with Gasteiger partial charge in [-0.1, -0.05) is 0 Å². The minimum absolute atomic E-state index is 0.0246. The molecule has 0 atom stereocenters. The molecule has 0 radical (unpaired) electrons. The molecule has 38 heavy (non-hydrogen) atoms. The molecule has 0 heterocycles. The lowest BCUT2D eigenvalue weighted by molar-refractivity contribution is -0.138. The van der Waals surface area contributed by atoms with Gasteiger partial charge < -0.3 is 16.4 Å². The highest BCUT2D eigenvalue weighted by molar-refractivity contribution is 7.99. The predicted molar refractivity (Wildman–Crippen MR) is 134 cm³/mol. The summed E-state index contributed by atoms with van der Waals surface area (Å²) >= 11 is 5.46. The van der Waals surface area contributed by atoms with E-state index < -0.39 is 52.3 Å². The smallest absolute Gasteiger partial charge is 0.396 e. The number of aryl methyl sites for hydroxylation is 1. The van der Waals surface area contributed by atoms with Crippen molar-refractivity contribution in [3.8, 4) is 0 Å². The number of alkyl halides is 6. The molecule has 15 heteroatoms. The van der Waals surface area contributed by atoms with Crippen molar-refractivity contribution >= 4 is 53.2 Å². The lowest BCUT2D eigenvalue weighted by atomic mass is 10.1. The van der Waals surface area contributed by atoms with Crippen molar-refractivity contribution in [1.29, 1.82) is 0 Å². The average Bonchev–Trinajstić information content (AvgIpc) is 2.77. The van der Waals surface area contributed by atoms with Crippen LogP contribution in [0.25, 0.3) is 0 Å².